The summed E-state index contributed by atoms with van der Waals surface area (Å²) >= 11 is 0. The molecule has 0 aromatic heterocycles. The molecular weight excluding hydrogens is 367 g/mol. The van der Waals surface area contributed by atoms with Crippen molar-refractivity contribution >= 4 is 5.91 Å². The number of nitrogens with zero attached hydrogens (tertiary/aromatic N) is 2. The van der Waals surface area contributed by atoms with E-state index in [4.69, 9.17) is 0 Å². The molecule has 4 rings (SSSR count). The molecular formula is C24H29FN2O2. The molecule has 2 aromatic rings. The van der Waals surface area contributed by atoms with Gasteiger partial charge in [0.1, 0.15) is 5.82 Å². The zero-order chi connectivity index (χ0) is 20.4. The van der Waals surface area contributed by atoms with Crippen LogP contribution >= 0.6 is 0 Å². The summed E-state index contributed by atoms with van der Waals surface area (Å²) in [4.78, 5) is 16.7. The highest BCUT2D eigenvalue weighted by molar-refractivity contribution is 5.76. The van der Waals surface area contributed by atoms with Crippen LogP contribution in [0.2, 0.25) is 0 Å². The van der Waals surface area contributed by atoms with Gasteiger partial charge in [0, 0.05) is 37.5 Å². The second-order valence-electron chi connectivity index (χ2n) is 8.11. The highest BCUT2D eigenvalue weighted by Crippen LogP contribution is 2.42. The Morgan fingerprint density at radius 1 is 1.03 bits per heavy atom. The van der Waals surface area contributed by atoms with Gasteiger partial charge in [-0.2, -0.15) is 0 Å². The summed E-state index contributed by atoms with van der Waals surface area (Å²) < 4.78 is 13.2. The van der Waals surface area contributed by atoms with Gasteiger partial charge < -0.3 is 10.0 Å². The van der Waals surface area contributed by atoms with Crippen molar-refractivity contribution in [1.82, 2.24) is 9.80 Å². The van der Waals surface area contributed by atoms with Crippen LogP contribution < -0.4 is 0 Å². The van der Waals surface area contributed by atoms with Crippen LogP contribution in [-0.2, 0) is 4.79 Å². The number of aliphatic hydroxyl groups is 1. The molecule has 2 fully saturated rings. The normalized spacial score (nSPS) is 24.9. The fraction of sp³-hybridized carbons (Fsp3) is 0.458. The van der Waals surface area contributed by atoms with E-state index in [1.165, 1.54) is 17.7 Å². The number of amides is 1. The zero-order valence-electron chi connectivity index (χ0n) is 16.9. The lowest BCUT2D eigenvalue weighted by Crippen LogP contribution is -2.67. The van der Waals surface area contributed by atoms with Gasteiger partial charge in [-0.1, -0.05) is 43.3 Å². The topological polar surface area (TPSA) is 43.8 Å². The number of fused-ring (bicyclic) bond motifs is 1. The predicted octanol–water partition coefficient (Wildman–Crippen LogP) is 3.65. The van der Waals surface area contributed by atoms with E-state index in [9.17, 15) is 14.3 Å². The smallest absolute Gasteiger partial charge is 0.222 e. The molecule has 0 aliphatic carbocycles. The highest BCUT2D eigenvalue weighted by atomic mass is 19.1. The molecule has 29 heavy (non-hydrogen) atoms. The largest absolute Gasteiger partial charge is 0.395 e. The molecule has 154 valence electrons. The number of carbonyl (C=O) groups is 1. The minimum absolute atomic E-state index is 0.105. The molecule has 0 spiro atoms. The Labute approximate surface area is 171 Å². The van der Waals surface area contributed by atoms with Gasteiger partial charge in [0.15, 0.2) is 0 Å². The third-order valence-corrected chi connectivity index (χ3v) is 6.50. The molecule has 1 N–H and O–H groups in total. The fourth-order valence-corrected chi connectivity index (χ4v) is 4.93. The van der Waals surface area contributed by atoms with Gasteiger partial charge in [-0.3, -0.25) is 9.69 Å². The molecule has 0 saturated carbocycles. The highest BCUT2D eigenvalue weighted by Gasteiger charge is 2.49. The van der Waals surface area contributed by atoms with Gasteiger partial charge >= 0.3 is 0 Å². The van der Waals surface area contributed by atoms with Crippen LogP contribution in [0.1, 0.15) is 37.7 Å². The second-order valence-corrected chi connectivity index (χ2v) is 8.11. The van der Waals surface area contributed by atoms with Crippen molar-refractivity contribution in [3.8, 4) is 11.1 Å². The third kappa shape index (κ3) is 3.94. The van der Waals surface area contributed by atoms with Crippen LogP contribution in [0, 0.1) is 5.82 Å². The van der Waals surface area contributed by atoms with Crippen LogP contribution in [0.5, 0.6) is 0 Å². The number of rotatable bonds is 4. The molecule has 0 radical (unpaired) electrons. The van der Waals surface area contributed by atoms with Crippen molar-refractivity contribution in [2.24, 2.45) is 0 Å². The Morgan fingerprint density at radius 3 is 2.28 bits per heavy atom. The van der Waals surface area contributed by atoms with Crippen LogP contribution in [0.4, 0.5) is 4.39 Å². The van der Waals surface area contributed by atoms with Crippen molar-refractivity contribution in [2.75, 3.05) is 26.2 Å². The van der Waals surface area contributed by atoms with E-state index in [1.54, 1.807) is 12.1 Å². The Morgan fingerprint density at radius 2 is 1.66 bits per heavy atom. The monoisotopic (exact) mass is 396 g/mol. The molecule has 1 amide bonds. The van der Waals surface area contributed by atoms with Crippen molar-refractivity contribution in [1.29, 1.82) is 0 Å². The van der Waals surface area contributed by atoms with Gasteiger partial charge in [0.05, 0.1) is 6.61 Å². The summed E-state index contributed by atoms with van der Waals surface area (Å²) in [7, 11) is 0. The standard InChI is InChI=1S/C24H29FN2O2/c1-2-23(29)26-13-3-4-14-27-21(15-26)24(22(27)16-28)19-7-5-17(6-8-19)18-9-11-20(25)12-10-18/h5-12,21-22,24,28H,2-4,13-16H2,1H3/t21-,22+,24-/m0/s1. The first-order valence-electron chi connectivity index (χ1n) is 10.6. The van der Waals surface area contributed by atoms with Crippen LogP contribution in [0.25, 0.3) is 11.1 Å². The molecule has 3 atom stereocenters. The Hall–Kier alpha value is -2.24. The minimum Gasteiger partial charge on any atom is -0.395 e. The summed E-state index contributed by atoms with van der Waals surface area (Å²) in [5.41, 5.74) is 3.23. The number of halogens is 1. The molecule has 2 heterocycles. The molecule has 2 saturated heterocycles. The molecule has 2 aromatic carbocycles. The Balaban J connectivity index is 1.57. The summed E-state index contributed by atoms with van der Waals surface area (Å²) in [6.07, 6.45) is 2.61. The second kappa shape index (κ2) is 8.64. The maximum atomic E-state index is 13.2. The first kappa shape index (κ1) is 20.0. The molecule has 5 heteroatoms. The first-order valence-corrected chi connectivity index (χ1v) is 10.6. The number of benzene rings is 2. The SMILES string of the molecule is CCC(=O)N1CCCCN2[C@H](CO)[C@@H](c3ccc(-c4ccc(F)cc4)cc3)[C@@H]2C1. The Bertz CT molecular complexity index is 837. The van der Waals surface area contributed by atoms with Crippen molar-refractivity contribution in [2.45, 2.75) is 44.2 Å². The van der Waals surface area contributed by atoms with E-state index in [1.807, 2.05) is 11.8 Å². The lowest BCUT2D eigenvalue weighted by atomic mass is 9.74. The van der Waals surface area contributed by atoms with Gasteiger partial charge in [-0.15, -0.1) is 0 Å². The Kier molecular flexibility index (Phi) is 5.97. The molecule has 2 aliphatic heterocycles. The molecule has 0 unspecified atom stereocenters. The number of carbonyl (C=O) groups excluding carboxylic acids is 1. The van der Waals surface area contributed by atoms with E-state index in [0.717, 1.165) is 43.6 Å². The number of hydrogen-bond donors (Lipinski definition) is 1. The molecule has 2 aliphatic rings. The number of hydrogen-bond acceptors (Lipinski definition) is 3. The van der Waals surface area contributed by atoms with Gasteiger partial charge in [-0.05, 0) is 48.2 Å². The van der Waals surface area contributed by atoms with Gasteiger partial charge in [-0.25, -0.2) is 4.39 Å². The summed E-state index contributed by atoms with van der Waals surface area (Å²) in [6.45, 7) is 4.59. The molecule has 0 bridgehead atoms. The van der Waals surface area contributed by atoms with E-state index < -0.39 is 0 Å². The van der Waals surface area contributed by atoms with Crippen LogP contribution in [0.3, 0.4) is 0 Å². The average Bonchev–Trinajstić information content (AvgIpc) is 2.73. The van der Waals surface area contributed by atoms with E-state index >= 15 is 0 Å². The van der Waals surface area contributed by atoms with Crippen molar-refractivity contribution in [3.63, 3.8) is 0 Å². The van der Waals surface area contributed by atoms with E-state index in [2.05, 4.69) is 29.2 Å². The summed E-state index contributed by atoms with van der Waals surface area (Å²) in [6, 6.07) is 15.3. The van der Waals surface area contributed by atoms with Crippen LogP contribution in [0.15, 0.2) is 48.5 Å². The lowest BCUT2D eigenvalue weighted by molar-refractivity contribution is -0.136. The summed E-state index contributed by atoms with van der Waals surface area (Å²) in [5.74, 6) is 0.193. The predicted molar refractivity (Wildman–Crippen MR) is 112 cm³/mol. The molecule has 4 nitrogen and oxygen atoms in total. The fourth-order valence-electron chi connectivity index (χ4n) is 4.93. The lowest BCUT2D eigenvalue weighted by Gasteiger charge is -2.57. The first-order chi connectivity index (χ1) is 14.1. The van der Waals surface area contributed by atoms with Gasteiger partial charge in [0.2, 0.25) is 5.91 Å². The maximum absolute atomic E-state index is 13.2. The zero-order valence-corrected chi connectivity index (χ0v) is 16.9. The van der Waals surface area contributed by atoms with Gasteiger partial charge in [0.25, 0.3) is 0 Å². The van der Waals surface area contributed by atoms with Crippen LogP contribution in [-0.4, -0.2) is 59.1 Å². The van der Waals surface area contributed by atoms with E-state index in [0.29, 0.717) is 6.42 Å². The van der Waals surface area contributed by atoms with Crippen molar-refractivity contribution < 1.29 is 14.3 Å². The minimum atomic E-state index is -0.235. The van der Waals surface area contributed by atoms with E-state index in [-0.39, 0.29) is 36.3 Å². The number of aliphatic hydroxyl groups excluding tert-OH is 1. The average molecular weight is 397 g/mol. The third-order valence-electron chi connectivity index (χ3n) is 6.50. The summed E-state index contributed by atoms with van der Waals surface area (Å²) in [5, 5.41) is 10.0. The van der Waals surface area contributed by atoms with Crippen molar-refractivity contribution in [3.05, 3.63) is 59.9 Å². The maximum Gasteiger partial charge on any atom is 0.222 e. The quantitative estimate of drug-likeness (QED) is 0.858.